The lowest BCUT2D eigenvalue weighted by atomic mass is 9.89. The van der Waals surface area contributed by atoms with Gasteiger partial charge in [0.2, 0.25) is 0 Å². The highest BCUT2D eigenvalue weighted by atomic mass is 16.5. The van der Waals surface area contributed by atoms with Crippen molar-refractivity contribution in [2.24, 2.45) is 0 Å². The highest BCUT2D eigenvalue weighted by molar-refractivity contribution is 5.36. The van der Waals surface area contributed by atoms with Crippen molar-refractivity contribution in [3.05, 3.63) is 70.8 Å². The Bertz CT molecular complexity index is 758. The van der Waals surface area contributed by atoms with Crippen molar-refractivity contribution < 1.29 is 25.2 Å². The summed E-state index contributed by atoms with van der Waals surface area (Å²) >= 11 is 0. The van der Waals surface area contributed by atoms with Gasteiger partial charge in [-0.15, -0.1) is 0 Å². The summed E-state index contributed by atoms with van der Waals surface area (Å²) in [6, 6.07) is 16.0. The zero-order valence-corrected chi connectivity index (χ0v) is 15.7. The maximum atomic E-state index is 10.4. The highest BCUT2D eigenvalue weighted by Gasteiger charge is 2.43. The van der Waals surface area contributed by atoms with Crippen LogP contribution in [0.5, 0.6) is 0 Å². The van der Waals surface area contributed by atoms with Gasteiger partial charge in [0.1, 0.15) is 30.5 Å². The van der Waals surface area contributed by atoms with Gasteiger partial charge in [-0.1, -0.05) is 62.4 Å². The maximum Gasteiger partial charge on any atom is 0.113 e. The van der Waals surface area contributed by atoms with Crippen molar-refractivity contribution in [1.29, 1.82) is 0 Å². The molecule has 0 bridgehead atoms. The number of hydrogen-bond acceptors (Lipinski definition) is 5. The predicted octanol–water partition coefficient (Wildman–Crippen LogP) is 1.92. The number of aliphatic hydroxyl groups is 4. The molecule has 146 valence electrons. The molecule has 1 saturated heterocycles. The van der Waals surface area contributed by atoms with E-state index in [-0.39, 0.29) is 0 Å². The van der Waals surface area contributed by atoms with Crippen molar-refractivity contribution >= 4 is 0 Å². The van der Waals surface area contributed by atoms with E-state index in [4.69, 9.17) is 4.74 Å². The van der Waals surface area contributed by atoms with Gasteiger partial charge in [-0.3, -0.25) is 0 Å². The molecular weight excluding hydrogens is 344 g/mol. The van der Waals surface area contributed by atoms with Crippen LogP contribution >= 0.6 is 0 Å². The molecule has 0 spiro atoms. The lowest BCUT2D eigenvalue weighted by molar-refractivity contribution is -0.231. The summed E-state index contributed by atoms with van der Waals surface area (Å²) in [6.07, 6.45) is -4.94. The second-order valence-corrected chi connectivity index (χ2v) is 7.52. The van der Waals surface area contributed by atoms with Gasteiger partial charge in [0.15, 0.2) is 0 Å². The standard InChI is InChI=1S/C22H28O5/c1-13(2)17-9-4-3-7-15(17)10-14-6-5-8-16(11-14)22-21(26)20(25)19(24)18(12-23)27-22/h3-9,11,13,18-26H,10,12H2,1-2H3/t18-,19-,20+,21-,22+/m1/s1. The maximum absolute atomic E-state index is 10.4. The molecule has 0 aromatic heterocycles. The first-order valence-corrected chi connectivity index (χ1v) is 9.39. The Morgan fingerprint density at radius 2 is 1.67 bits per heavy atom. The number of aliphatic hydroxyl groups excluding tert-OH is 4. The largest absolute Gasteiger partial charge is 0.394 e. The van der Waals surface area contributed by atoms with Crippen molar-refractivity contribution in [3.8, 4) is 0 Å². The van der Waals surface area contributed by atoms with E-state index in [1.54, 1.807) is 0 Å². The molecule has 1 fully saturated rings. The summed E-state index contributed by atoms with van der Waals surface area (Å²) < 4.78 is 5.67. The summed E-state index contributed by atoms with van der Waals surface area (Å²) in [5, 5.41) is 39.7. The SMILES string of the molecule is CC(C)c1ccccc1Cc1cccc([C@@H]2O[C@H](CO)[C@@H](O)[C@H](O)[C@H]2O)c1. The zero-order chi connectivity index (χ0) is 19.6. The number of ether oxygens (including phenoxy) is 1. The normalized spacial score (nSPS) is 28.5. The van der Waals surface area contributed by atoms with Crippen LogP contribution in [0.4, 0.5) is 0 Å². The van der Waals surface area contributed by atoms with Crippen molar-refractivity contribution in [2.45, 2.75) is 56.7 Å². The average molecular weight is 372 g/mol. The minimum Gasteiger partial charge on any atom is -0.394 e. The minimum absolute atomic E-state index is 0.426. The second-order valence-electron chi connectivity index (χ2n) is 7.52. The molecule has 5 atom stereocenters. The average Bonchev–Trinajstić information content (AvgIpc) is 2.67. The van der Waals surface area contributed by atoms with E-state index in [0.717, 1.165) is 12.0 Å². The lowest BCUT2D eigenvalue weighted by Crippen LogP contribution is -2.55. The van der Waals surface area contributed by atoms with E-state index in [1.807, 2.05) is 36.4 Å². The fraction of sp³-hybridized carbons (Fsp3) is 0.455. The van der Waals surface area contributed by atoms with E-state index in [2.05, 4.69) is 26.0 Å². The Morgan fingerprint density at radius 3 is 2.37 bits per heavy atom. The number of benzene rings is 2. The third kappa shape index (κ3) is 4.23. The molecule has 0 unspecified atom stereocenters. The third-order valence-corrected chi connectivity index (χ3v) is 5.24. The summed E-state index contributed by atoms with van der Waals surface area (Å²) in [5.41, 5.74) is 4.33. The van der Waals surface area contributed by atoms with Gasteiger partial charge < -0.3 is 25.2 Å². The number of hydrogen-bond donors (Lipinski definition) is 4. The monoisotopic (exact) mass is 372 g/mol. The fourth-order valence-corrected chi connectivity index (χ4v) is 3.74. The molecular formula is C22H28O5. The van der Waals surface area contributed by atoms with Crippen LogP contribution in [-0.2, 0) is 11.2 Å². The first kappa shape index (κ1) is 20.0. The Labute approximate surface area is 159 Å². The molecule has 4 N–H and O–H groups in total. The van der Waals surface area contributed by atoms with Gasteiger partial charge in [0.05, 0.1) is 6.61 Å². The molecule has 27 heavy (non-hydrogen) atoms. The van der Waals surface area contributed by atoms with E-state index >= 15 is 0 Å². The third-order valence-electron chi connectivity index (χ3n) is 5.24. The smallest absolute Gasteiger partial charge is 0.113 e. The molecule has 3 rings (SSSR count). The summed E-state index contributed by atoms with van der Waals surface area (Å²) in [5.74, 6) is 0.426. The van der Waals surface area contributed by atoms with Crippen LogP contribution in [0.25, 0.3) is 0 Å². The molecule has 1 aliphatic heterocycles. The minimum atomic E-state index is -1.37. The lowest BCUT2D eigenvalue weighted by Gasteiger charge is -2.40. The molecule has 1 heterocycles. The molecule has 2 aromatic rings. The second kappa shape index (κ2) is 8.50. The molecule has 0 amide bonds. The Hall–Kier alpha value is -1.76. The molecule has 0 saturated carbocycles. The Morgan fingerprint density at radius 1 is 0.926 bits per heavy atom. The predicted molar refractivity (Wildman–Crippen MR) is 102 cm³/mol. The molecule has 0 aliphatic carbocycles. The molecule has 5 nitrogen and oxygen atoms in total. The number of rotatable bonds is 5. The fourth-order valence-electron chi connectivity index (χ4n) is 3.74. The topological polar surface area (TPSA) is 90.2 Å². The van der Waals surface area contributed by atoms with Crippen LogP contribution in [0.15, 0.2) is 48.5 Å². The first-order chi connectivity index (χ1) is 12.9. The summed E-state index contributed by atoms with van der Waals surface area (Å²) in [6.45, 7) is 3.91. The van der Waals surface area contributed by atoms with Crippen LogP contribution in [0, 0.1) is 0 Å². The molecule has 2 aromatic carbocycles. The first-order valence-electron chi connectivity index (χ1n) is 9.39. The highest BCUT2D eigenvalue weighted by Crippen LogP contribution is 2.33. The van der Waals surface area contributed by atoms with Gasteiger partial charge in [-0.25, -0.2) is 0 Å². The van der Waals surface area contributed by atoms with Crippen molar-refractivity contribution in [3.63, 3.8) is 0 Å². The van der Waals surface area contributed by atoms with Crippen LogP contribution in [-0.4, -0.2) is 51.4 Å². The Kier molecular flexibility index (Phi) is 6.29. The Balaban J connectivity index is 1.86. The van der Waals surface area contributed by atoms with Gasteiger partial charge in [-0.05, 0) is 34.6 Å². The van der Waals surface area contributed by atoms with Crippen LogP contribution in [0.3, 0.4) is 0 Å². The molecule has 1 aliphatic rings. The van der Waals surface area contributed by atoms with Crippen molar-refractivity contribution in [2.75, 3.05) is 6.61 Å². The van der Waals surface area contributed by atoms with E-state index in [0.29, 0.717) is 11.5 Å². The van der Waals surface area contributed by atoms with Gasteiger partial charge >= 0.3 is 0 Å². The van der Waals surface area contributed by atoms with Gasteiger partial charge in [0, 0.05) is 0 Å². The summed E-state index contributed by atoms with van der Waals surface area (Å²) in [7, 11) is 0. The van der Waals surface area contributed by atoms with E-state index in [9.17, 15) is 20.4 Å². The molecule has 5 heteroatoms. The summed E-state index contributed by atoms with van der Waals surface area (Å²) in [4.78, 5) is 0. The van der Waals surface area contributed by atoms with E-state index < -0.39 is 37.1 Å². The molecule has 0 radical (unpaired) electrons. The van der Waals surface area contributed by atoms with E-state index in [1.165, 1.54) is 11.1 Å². The van der Waals surface area contributed by atoms with Gasteiger partial charge in [0.25, 0.3) is 0 Å². The van der Waals surface area contributed by atoms with Crippen LogP contribution in [0.2, 0.25) is 0 Å². The van der Waals surface area contributed by atoms with Crippen LogP contribution in [0.1, 0.15) is 48.1 Å². The van der Waals surface area contributed by atoms with Crippen molar-refractivity contribution in [1.82, 2.24) is 0 Å². The zero-order valence-electron chi connectivity index (χ0n) is 15.7. The van der Waals surface area contributed by atoms with Gasteiger partial charge in [-0.2, -0.15) is 0 Å². The van der Waals surface area contributed by atoms with Crippen LogP contribution < -0.4 is 0 Å². The quantitative estimate of drug-likeness (QED) is 0.644.